The number of carbonyl (C=O) groups excluding carboxylic acids is 1. The number of amides is 1. The Morgan fingerprint density at radius 1 is 1.52 bits per heavy atom. The molecule has 0 radical (unpaired) electrons. The molecule has 0 bridgehead atoms. The van der Waals surface area contributed by atoms with Gasteiger partial charge in [0.2, 0.25) is 5.91 Å². The second kappa shape index (κ2) is 7.19. The largest absolute Gasteiger partial charge is 0.352 e. The van der Waals surface area contributed by atoms with Gasteiger partial charge in [0.15, 0.2) is 0 Å². The quantitative estimate of drug-likeness (QED) is 0.915. The molecule has 1 amide bonds. The highest BCUT2D eigenvalue weighted by Gasteiger charge is 2.26. The van der Waals surface area contributed by atoms with Crippen LogP contribution in [0.5, 0.6) is 0 Å². The standard InChI is InChI=1S/C17H22N4OS/c1-12-18-10-13(17(20-12)15-6-3-7-21(15)2)11-19-16(22)9-14-5-4-8-23-14/h4-5,8,10,15H,3,6-7,9,11H2,1-2H3,(H,19,22)/t15-/m1/s1. The van der Waals surface area contributed by atoms with Crippen LogP contribution in [0.1, 0.15) is 40.8 Å². The van der Waals surface area contributed by atoms with Gasteiger partial charge in [0.05, 0.1) is 18.2 Å². The highest BCUT2D eigenvalue weighted by Crippen LogP contribution is 2.31. The summed E-state index contributed by atoms with van der Waals surface area (Å²) in [6.07, 6.45) is 4.59. The SMILES string of the molecule is Cc1ncc(CNC(=O)Cc2cccs2)c([C@H]2CCCN2C)n1. The summed E-state index contributed by atoms with van der Waals surface area (Å²) < 4.78 is 0. The molecular weight excluding hydrogens is 308 g/mol. The molecule has 2 aromatic rings. The van der Waals surface area contributed by atoms with Gasteiger partial charge in [0.1, 0.15) is 5.82 Å². The van der Waals surface area contributed by atoms with E-state index in [-0.39, 0.29) is 5.91 Å². The van der Waals surface area contributed by atoms with E-state index in [9.17, 15) is 4.79 Å². The maximum Gasteiger partial charge on any atom is 0.225 e. The lowest BCUT2D eigenvalue weighted by Gasteiger charge is -2.21. The molecule has 1 atom stereocenters. The summed E-state index contributed by atoms with van der Waals surface area (Å²) in [5, 5.41) is 5.00. The van der Waals surface area contributed by atoms with Crippen LogP contribution in [0.3, 0.4) is 0 Å². The minimum Gasteiger partial charge on any atom is -0.352 e. The van der Waals surface area contributed by atoms with Gasteiger partial charge in [-0.3, -0.25) is 9.69 Å². The number of hydrogen-bond donors (Lipinski definition) is 1. The maximum absolute atomic E-state index is 12.1. The van der Waals surface area contributed by atoms with E-state index in [1.807, 2.05) is 30.6 Å². The van der Waals surface area contributed by atoms with Crippen LogP contribution in [-0.4, -0.2) is 34.4 Å². The molecule has 1 saturated heterocycles. The first-order valence-corrected chi connectivity index (χ1v) is 8.83. The van der Waals surface area contributed by atoms with Crippen molar-refractivity contribution in [2.24, 2.45) is 0 Å². The van der Waals surface area contributed by atoms with Gasteiger partial charge in [-0.15, -0.1) is 11.3 Å². The van der Waals surface area contributed by atoms with Crippen molar-refractivity contribution in [1.29, 1.82) is 0 Å². The van der Waals surface area contributed by atoms with E-state index in [0.29, 0.717) is 19.0 Å². The van der Waals surface area contributed by atoms with Gasteiger partial charge in [0.25, 0.3) is 0 Å². The van der Waals surface area contributed by atoms with Gasteiger partial charge in [-0.25, -0.2) is 9.97 Å². The lowest BCUT2D eigenvalue weighted by atomic mass is 10.1. The van der Waals surface area contributed by atoms with E-state index in [4.69, 9.17) is 0 Å². The van der Waals surface area contributed by atoms with Crippen LogP contribution < -0.4 is 5.32 Å². The number of likely N-dealkylation sites (tertiary alicyclic amines) is 1. The highest BCUT2D eigenvalue weighted by atomic mass is 32.1. The minimum absolute atomic E-state index is 0.0405. The van der Waals surface area contributed by atoms with Gasteiger partial charge in [0, 0.05) is 23.2 Å². The molecule has 1 aliphatic rings. The van der Waals surface area contributed by atoms with Crippen molar-refractivity contribution in [2.45, 2.75) is 38.8 Å². The second-order valence-electron chi connectivity index (χ2n) is 6.00. The molecule has 122 valence electrons. The zero-order valence-corrected chi connectivity index (χ0v) is 14.4. The van der Waals surface area contributed by atoms with Crippen molar-refractivity contribution in [1.82, 2.24) is 20.2 Å². The van der Waals surface area contributed by atoms with Gasteiger partial charge in [-0.2, -0.15) is 0 Å². The fraction of sp³-hybridized carbons (Fsp3) is 0.471. The molecular formula is C17H22N4OS. The normalized spacial score (nSPS) is 18.3. The van der Waals surface area contributed by atoms with Crippen molar-refractivity contribution >= 4 is 17.2 Å². The van der Waals surface area contributed by atoms with Crippen molar-refractivity contribution in [3.8, 4) is 0 Å². The Labute approximate surface area is 140 Å². The summed E-state index contributed by atoms with van der Waals surface area (Å²) in [6.45, 7) is 3.50. The van der Waals surface area contributed by atoms with E-state index < -0.39 is 0 Å². The Hall–Kier alpha value is -1.79. The third kappa shape index (κ3) is 3.95. The highest BCUT2D eigenvalue weighted by molar-refractivity contribution is 7.10. The first-order valence-electron chi connectivity index (χ1n) is 7.95. The van der Waals surface area contributed by atoms with E-state index >= 15 is 0 Å². The maximum atomic E-state index is 12.1. The number of rotatable bonds is 5. The van der Waals surface area contributed by atoms with E-state index in [1.54, 1.807) is 11.3 Å². The van der Waals surface area contributed by atoms with Crippen LogP contribution in [0.25, 0.3) is 0 Å². The Morgan fingerprint density at radius 3 is 3.09 bits per heavy atom. The number of aromatic nitrogens is 2. The molecule has 3 rings (SSSR count). The first-order chi connectivity index (χ1) is 11.1. The zero-order valence-electron chi connectivity index (χ0n) is 13.6. The molecule has 1 N–H and O–H groups in total. The number of thiophene rings is 1. The average molecular weight is 330 g/mol. The van der Waals surface area contributed by atoms with Crippen LogP contribution in [0.2, 0.25) is 0 Å². The Kier molecular flexibility index (Phi) is 5.03. The predicted octanol–water partition coefficient (Wildman–Crippen LogP) is 2.47. The third-order valence-electron chi connectivity index (χ3n) is 4.25. The van der Waals surface area contributed by atoms with Crippen molar-refractivity contribution in [3.05, 3.63) is 45.7 Å². The smallest absolute Gasteiger partial charge is 0.225 e. The van der Waals surface area contributed by atoms with E-state index in [0.717, 1.165) is 34.9 Å². The molecule has 0 saturated carbocycles. The summed E-state index contributed by atoms with van der Waals surface area (Å²) in [4.78, 5) is 24.5. The van der Waals surface area contributed by atoms with Crippen LogP contribution in [0, 0.1) is 6.92 Å². The van der Waals surface area contributed by atoms with Crippen LogP contribution in [0.4, 0.5) is 0 Å². The van der Waals surface area contributed by atoms with Crippen LogP contribution in [-0.2, 0) is 17.8 Å². The molecule has 0 spiro atoms. The summed E-state index contributed by atoms with van der Waals surface area (Å²) in [7, 11) is 2.13. The molecule has 2 aromatic heterocycles. The molecule has 1 aliphatic heterocycles. The van der Waals surface area contributed by atoms with Crippen molar-refractivity contribution in [3.63, 3.8) is 0 Å². The molecule has 3 heterocycles. The summed E-state index contributed by atoms with van der Waals surface area (Å²) in [6, 6.07) is 4.29. The number of aryl methyl sites for hydroxylation is 1. The average Bonchev–Trinajstić information content (AvgIpc) is 3.17. The molecule has 0 aromatic carbocycles. The van der Waals surface area contributed by atoms with Gasteiger partial charge in [-0.05, 0) is 44.8 Å². The van der Waals surface area contributed by atoms with Gasteiger partial charge >= 0.3 is 0 Å². The lowest BCUT2D eigenvalue weighted by Crippen LogP contribution is -2.27. The molecule has 0 unspecified atom stereocenters. The zero-order chi connectivity index (χ0) is 16.2. The Balaban J connectivity index is 1.68. The Bertz CT molecular complexity index is 671. The Morgan fingerprint density at radius 2 is 2.39 bits per heavy atom. The van der Waals surface area contributed by atoms with E-state index in [1.165, 1.54) is 6.42 Å². The summed E-state index contributed by atoms with van der Waals surface area (Å²) >= 11 is 1.61. The monoisotopic (exact) mass is 330 g/mol. The predicted molar refractivity (Wildman–Crippen MR) is 91.2 cm³/mol. The fourth-order valence-electron chi connectivity index (χ4n) is 3.02. The summed E-state index contributed by atoms with van der Waals surface area (Å²) in [5.41, 5.74) is 2.09. The lowest BCUT2D eigenvalue weighted by molar-refractivity contribution is -0.120. The second-order valence-corrected chi connectivity index (χ2v) is 7.03. The third-order valence-corrected chi connectivity index (χ3v) is 5.12. The van der Waals surface area contributed by atoms with Crippen LogP contribution >= 0.6 is 11.3 Å². The van der Waals surface area contributed by atoms with E-state index in [2.05, 4.69) is 27.2 Å². The molecule has 23 heavy (non-hydrogen) atoms. The van der Waals surface area contributed by atoms with Crippen molar-refractivity contribution in [2.75, 3.05) is 13.6 Å². The molecule has 5 nitrogen and oxygen atoms in total. The molecule has 6 heteroatoms. The van der Waals surface area contributed by atoms with Crippen LogP contribution in [0.15, 0.2) is 23.7 Å². The summed E-state index contributed by atoms with van der Waals surface area (Å²) in [5.74, 6) is 0.827. The van der Waals surface area contributed by atoms with Gasteiger partial charge < -0.3 is 5.32 Å². The molecule has 0 aliphatic carbocycles. The minimum atomic E-state index is 0.0405. The van der Waals surface area contributed by atoms with Crippen molar-refractivity contribution < 1.29 is 4.79 Å². The number of hydrogen-bond acceptors (Lipinski definition) is 5. The topological polar surface area (TPSA) is 58.1 Å². The number of carbonyl (C=O) groups is 1. The fourth-order valence-corrected chi connectivity index (χ4v) is 3.72. The molecule has 1 fully saturated rings. The number of nitrogens with zero attached hydrogens (tertiary/aromatic N) is 3. The van der Waals surface area contributed by atoms with Gasteiger partial charge in [-0.1, -0.05) is 6.07 Å². The number of nitrogens with one attached hydrogen (secondary N) is 1. The first kappa shape index (κ1) is 16.1.